The molecule has 0 heterocycles. The molecule has 0 spiro atoms. The minimum atomic E-state index is 1.08. The molecule has 0 N–H and O–H groups in total. The van der Waals surface area contributed by atoms with Gasteiger partial charge in [0, 0.05) is 0 Å². The first-order valence-corrected chi connectivity index (χ1v) is 5.05. The third kappa shape index (κ3) is 2.01. The molecule has 0 aromatic heterocycles. The van der Waals surface area contributed by atoms with Crippen LogP contribution in [0.2, 0.25) is 0 Å². The zero-order valence-corrected chi connectivity index (χ0v) is 8.73. The van der Waals surface area contributed by atoms with Crippen LogP contribution in [0.1, 0.15) is 11.1 Å². The number of benzene rings is 2. The summed E-state index contributed by atoms with van der Waals surface area (Å²) in [5, 5.41) is 0. The fourth-order valence-electron chi connectivity index (χ4n) is 1.33. The molecule has 2 aromatic carbocycles. The molecule has 2 rings (SSSR count). The predicted molar refractivity (Wildman–Crippen MR) is 56.1 cm³/mol. The summed E-state index contributed by atoms with van der Waals surface area (Å²) in [4.78, 5) is 0. The quantitative estimate of drug-likeness (QED) is 0.685. The molecule has 0 aliphatic heterocycles. The Balaban J connectivity index is 2.35. The van der Waals surface area contributed by atoms with Gasteiger partial charge < -0.3 is 0 Å². The fourth-order valence-corrected chi connectivity index (χ4v) is 1.70. The molecule has 0 amide bonds. The minimum absolute atomic E-state index is 1.08. The molecule has 0 saturated heterocycles. The van der Waals surface area contributed by atoms with Crippen molar-refractivity contribution in [2.45, 2.75) is 0 Å². The van der Waals surface area contributed by atoms with Crippen molar-refractivity contribution in [2.24, 2.45) is 0 Å². The van der Waals surface area contributed by atoms with Crippen molar-refractivity contribution in [2.75, 3.05) is 0 Å². The molecule has 1 heteroatoms. The van der Waals surface area contributed by atoms with Gasteiger partial charge in [0.1, 0.15) is 0 Å². The van der Waals surface area contributed by atoms with Crippen molar-refractivity contribution in [1.82, 2.24) is 0 Å². The predicted octanol–water partition coefficient (Wildman–Crippen LogP) is 2.80. The molecule has 0 atom stereocenters. The summed E-state index contributed by atoms with van der Waals surface area (Å²) in [6.07, 6.45) is 0. The second-order valence-corrected chi connectivity index (χ2v) is 3.59. The standard InChI is InChI=1S/C13H10.Fe/c1-3-7-12(8-4-1)11-13-9-5-2-6-10-13;/h1-10H;. The van der Waals surface area contributed by atoms with Crippen molar-refractivity contribution in [1.29, 1.82) is 0 Å². The summed E-state index contributed by atoms with van der Waals surface area (Å²) < 4.78 is 1.08. The van der Waals surface area contributed by atoms with Crippen LogP contribution in [0.25, 0.3) is 0 Å². The molecule has 0 unspecified atom stereocenters. The average molecular weight is 222 g/mol. The van der Waals surface area contributed by atoms with E-state index >= 15 is 0 Å². The van der Waals surface area contributed by atoms with Crippen LogP contribution in [0.4, 0.5) is 0 Å². The van der Waals surface area contributed by atoms with E-state index in [4.69, 9.17) is 0 Å². The van der Waals surface area contributed by atoms with Gasteiger partial charge in [0.2, 0.25) is 0 Å². The molecular weight excluding hydrogens is 212 g/mol. The van der Waals surface area contributed by atoms with E-state index in [0.717, 1.165) is 4.42 Å². The topological polar surface area (TPSA) is 0 Å². The van der Waals surface area contributed by atoms with Crippen LogP contribution in [0.15, 0.2) is 60.7 Å². The third-order valence-electron chi connectivity index (χ3n) is 2.04. The Hall–Kier alpha value is -1.17. The SMILES string of the molecule is [Fe]=[C](c1ccccc1)c1ccccc1. The summed E-state index contributed by atoms with van der Waals surface area (Å²) in [6, 6.07) is 20.5. The molecule has 0 bridgehead atoms. The molecule has 0 aliphatic rings. The van der Waals surface area contributed by atoms with Crippen LogP contribution in [-0.2, 0) is 15.6 Å². The second-order valence-electron chi connectivity index (χ2n) is 3.03. The molecule has 0 fully saturated rings. The summed E-state index contributed by atoms with van der Waals surface area (Å²) in [7, 11) is 0. The van der Waals surface area contributed by atoms with E-state index in [1.54, 1.807) is 0 Å². The van der Waals surface area contributed by atoms with Crippen LogP contribution >= 0.6 is 0 Å². The molecule has 0 radical (unpaired) electrons. The Bertz CT molecular complexity index is 376. The Morgan fingerprint density at radius 1 is 0.643 bits per heavy atom. The summed E-state index contributed by atoms with van der Waals surface area (Å²) >= 11 is 4.10. The van der Waals surface area contributed by atoms with Crippen LogP contribution in [0.5, 0.6) is 0 Å². The fraction of sp³-hybridized carbons (Fsp3) is 0. The van der Waals surface area contributed by atoms with Crippen LogP contribution in [0.3, 0.4) is 0 Å². The number of hydrogen-bond donors (Lipinski definition) is 0. The van der Waals surface area contributed by atoms with Crippen LogP contribution in [0, 0.1) is 0 Å². The maximum atomic E-state index is 4.10. The van der Waals surface area contributed by atoms with E-state index in [0.29, 0.717) is 0 Å². The molecule has 14 heavy (non-hydrogen) atoms. The molecular formula is C13H10Fe. The van der Waals surface area contributed by atoms with E-state index in [1.807, 2.05) is 36.4 Å². The first-order chi connectivity index (χ1) is 6.88. The Morgan fingerprint density at radius 3 is 1.36 bits per heavy atom. The number of hydrogen-bond acceptors (Lipinski definition) is 0. The van der Waals surface area contributed by atoms with E-state index < -0.39 is 0 Å². The van der Waals surface area contributed by atoms with Gasteiger partial charge in [-0.2, -0.15) is 0 Å². The van der Waals surface area contributed by atoms with Gasteiger partial charge in [-0.1, -0.05) is 0 Å². The molecule has 0 saturated carbocycles. The van der Waals surface area contributed by atoms with Crippen molar-refractivity contribution >= 4 is 4.42 Å². The zero-order chi connectivity index (χ0) is 9.80. The van der Waals surface area contributed by atoms with Crippen LogP contribution < -0.4 is 0 Å². The van der Waals surface area contributed by atoms with Gasteiger partial charge in [-0.05, 0) is 0 Å². The molecule has 0 nitrogen and oxygen atoms in total. The van der Waals surface area contributed by atoms with Gasteiger partial charge in [-0.15, -0.1) is 0 Å². The Labute approximate surface area is 92.0 Å². The van der Waals surface area contributed by atoms with Gasteiger partial charge in [0.05, 0.1) is 0 Å². The van der Waals surface area contributed by atoms with Crippen molar-refractivity contribution in [3.63, 3.8) is 0 Å². The van der Waals surface area contributed by atoms with Crippen LogP contribution in [-0.4, -0.2) is 4.42 Å². The second kappa shape index (κ2) is 4.36. The van der Waals surface area contributed by atoms with Crippen molar-refractivity contribution in [3.05, 3.63) is 71.8 Å². The summed E-state index contributed by atoms with van der Waals surface area (Å²) in [5.74, 6) is 0. The van der Waals surface area contributed by atoms with Gasteiger partial charge in [-0.25, -0.2) is 0 Å². The van der Waals surface area contributed by atoms with Crippen molar-refractivity contribution in [3.8, 4) is 0 Å². The van der Waals surface area contributed by atoms with Gasteiger partial charge in [0.15, 0.2) is 0 Å². The Morgan fingerprint density at radius 2 is 1.00 bits per heavy atom. The first kappa shape index (κ1) is 9.39. The normalized spacial score (nSPS) is 9.79. The molecule has 2 aromatic rings. The van der Waals surface area contributed by atoms with Gasteiger partial charge in [0.25, 0.3) is 0 Å². The van der Waals surface area contributed by atoms with E-state index in [9.17, 15) is 0 Å². The van der Waals surface area contributed by atoms with E-state index in [-0.39, 0.29) is 0 Å². The van der Waals surface area contributed by atoms with E-state index in [1.165, 1.54) is 11.1 Å². The molecule has 70 valence electrons. The zero-order valence-electron chi connectivity index (χ0n) is 7.63. The monoisotopic (exact) mass is 222 g/mol. The van der Waals surface area contributed by atoms with E-state index in [2.05, 4.69) is 39.8 Å². The molecule has 0 aliphatic carbocycles. The average Bonchev–Trinajstić information content (AvgIpc) is 2.30. The summed E-state index contributed by atoms with van der Waals surface area (Å²) in [5.41, 5.74) is 2.36. The maximum absolute atomic E-state index is 4.10. The first-order valence-electron chi connectivity index (χ1n) is 4.50. The van der Waals surface area contributed by atoms with Gasteiger partial charge in [-0.3, -0.25) is 0 Å². The summed E-state index contributed by atoms with van der Waals surface area (Å²) in [6.45, 7) is 0. The third-order valence-corrected chi connectivity index (χ3v) is 2.68. The van der Waals surface area contributed by atoms with Crippen molar-refractivity contribution < 1.29 is 15.6 Å². The Kier molecular flexibility index (Phi) is 2.93. The number of rotatable bonds is 2. The van der Waals surface area contributed by atoms with Gasteiger partial charge >= 0.3 is 91.8 Å².